The minimum Gasteiger partial charge on any atom is -0.490 e. The second kappa shape index (κ2) is 6.92. The highest BCUT2D eigenvalue weighted by molar-refractivity contribution is 9.10. The Balaban J connectivity index is 1.84. The van der Waals surface area contributed by atoms with Crippen LogP contribution >= 0.6 is 15.9 Å². The van der Waals surface area contributed by atoms with E-state index in [4.69, 9.17) is 14.7 Å². The summed E-state index contributed by atoms with van der Waals surface area (Å²) in [7, 11) is 0. The number of ether oxygens (including phenoxy) is 2. The number of nitriles is 1. The molecule has 0 aliphatic heterocycles. The van der Waals surface area contributed by atoms with Gasteiger partial charge in [0.25, 0.3) is 0 Å². The molecule has 2 aromatic carbocycles. The van der Waals surface area contributed by atoms with Crippen LogP contribution in [0, 0.1) is 17.1 Å². The summed E-state index contributed by atoms with van der Waals surface area (Å²) in [6.07, 6.45) is 0. The molecule has 0 aliphatic rings. The van der Waals surface area contributed by atoms with Crippen LogP contribution in [0.1, 0.15) is 5.56 Å². The molecule has 0 spiro atoms. The summed E-state index contributed by atoms with van der Waals surface area (Å²) in [6, 6.07) is 13.3. The summed E-state index contributed by atoms with van der Waals surface area (Å²) >= 11 is 3.25. The number of halogens is 2. The minimum atomic E-state index is -0.417. The van der Waals surface area contributed by atoms with Crippen molar-refractivity contribution in [1.29, 1.82) is 5.26 Å². The van der Waals surface area contributed by atoms with Crippen molar-refractivity contribution in [3.63, 3.8) is 0 Å². The molecule has 2 aromatic rings. The fraction of sp³-hybridized carbons (Fsp3) is 0.133. The van der Waals surface area contributed by atoms with Crippen molar-refractivity contribution in [3.8, 4) is 17.6 Å². The maximum atomic E-state index is 13.4. The molecule has 20 heavy (non-hydrogen) atoms. The van der Waals surface area contributed by atoms with Gasteiger partial charge in [0.15, 0.2) is 11.6 Å². The standard InChI is InChI=1S/C15H11BrFNO2/c16-12-4-5-14(17)15(9-12)20-7-6-19-13-3-1-2-11(8-13)10-18/h1-5,8-9H,6-7H2. The second-order valence-corrected chi connectivity index (χ2v) is 4.83. The normalized spacial score (nSPS) is 9.85. The molecule has 0 saturated carbocycles. The Bertz CT molecular complexity index is 640. The van der Waals surface area contributed by atoms with Gasteiger partial charge in [0, 0.05) is 4.47 Å². The molecule has 0 atom stereocenters. The van der Waals surface area contributed by atoms with Gasteiger partial charge in [-0.05, 0) is 36.4 Å². The van der Waals surface area contributed by atoms with Gasteiger partial charge in [0.2, 0.25) is 0 Å². The van der Waals surface area contributed by atoms with E-state index in [2.05, 4.69) is 15.9 Å². The third-order valence-corrected chi connectivity index (χ3v) is 2.96. The maximum absolute atomic E-state index is 13.4. The highest BCUT2D eigenvalue weighted by Gasteiger charge is 2.04. The molecule has 0 N–H and O–H groups in total. The van der Waals surface area contributed by atoms with Gasteiger partial charge in [-0.1, -0.05) is 22.0 Å². The molecule has 0 radical (unpaired) electrons. The number of hydrogen-bond acceptors (Lipinski definition) is 3. The minimum absolute atomic E-state index is 0.175. The van der Waals surface area contributed by atoms with Crippen LogP contribution in [0.25, 0.3) is 0 Å². The Morgan fingerprint density at radius 1 is 1.10 bits per heavy atom. The van der Waals surface area contributed by atoms with Gasteiger partial charge in [0.1, 0.15) is 19.0 Å². The van der Waals surface area contributed by atoms with E-state index in [1.165, 1.54) is 6.07 Å². The third-order valence-electron chi connectivity index (χ3n) is 2.47. The van der Waals surface area contributed by atoms with Crippen molar-refractivity contribution in [3.05, 3.63) is 58.3 Å². The van der Waals surface area contributed by atoms with Crippen LogP contribution in [0.5, 0.6) is 11.5 Å². The van der Waals surface area contributed by atoms with E-state index in [0.29, 0.717) is 11.3 Å². The monoisotopic (exact) mass is 335 g/mol. The average Bonchev–Trinajstić information content (AvgIpc) is 2.47. The first-order chi connectivity index (χ1) is 9.69. The molecule has 2 rings (SSSR count). The summed E-state index contributed by atoms with van der Waals surface area (Å²) in [4.78, 5) is 0. The van der Waals surface area contributed by atoms with E-state index in [9.17, 15) is 4.39 Å². The molecule has 0 amide bonds. The van der Waals surface area contributed by atoms with Crippen LogP contribution in [0.4, 0.5) is 4.39 Å². The van der Waals surface area contributed by atoms with Crippen LogP contribution < -0.4 is 9.47 Å². The smallest absolute Gasteiger partial charge is 0.165 e. The van der Waals surface area contributed by atoms with Gasteiger partial charge in [-0.25, -0.2) is 4.39 Å². The largest absolute Gasteiger partial charge is 0.490 e. The van der Waals surface area contributed by atoms with E-state index in [1.54, 1.807) is 36.4 Å². The zero-order valence-corrected chi connectivity index (χ0v) is 12.1. The van der Waals surface area contributed by atoms with Crippen molar-refractivity contribution < 1.29 is 13.9 Å². The number of benzene rings is 2. The fourth-order valence-electron chi connectivity index (χ4n) is 1.55. The van der Waals surface area contributed by atoms with Crippen molar-refractivity contribution in [2.75, 3.05) is 13.2 Å². The Labute approximate surface area is 124 Å². The number of hydrogen-bond donors (Lipinski definition) is 0. The SMILES string of the molecule is N#Cc1cccc(OCCOc2cc(Br)ccc2F)c1. The van der Waals surface area contributed by atoms with E-state index >= 15 is 0 Å². The fourth-order valence-corrected chi connectivity index (χ4v) is 1.89. The lowest BCUT2D eigenvalue weighted by molar-refractivity contribution is 0.211. The lowest BCUT2D eigenvalue weighted by atomic mass is 10.2. The number of nitrogens with zero attached hydrogens (tertiary/aromatic N) is 1. The maximum Gasteiger partial charge on any atom is 0.165 e. The third kappa shape index (κ3) is 3.97. The van der Waals surface area contributed by atoms with Crippen LogP contribution in [-0.4, -0.2) is 13.2 Å². The average molecular weight is 336 g/mol. The van der Waals surface area contributed by atoms with Gasteiger partial charge >= 0.3 is 0 Å². The van der Waals surface area contributed by atoms with E-state index < -0.39 is 5.82 Å². The van der Waals surface area contributed by atoms with Gasteiger partial charge in [-0.2, -0.15) is 5.26 Å². The summed E-state index contributed by atoms with van der Waals surface area (Å²) < 4.78 is 24.9. The van der Waals surface area contributed by atoms with Gasteiger partial charge in [-0.15, -0.1) is 0 Å². The molecule has 0 aromatic heterocycles. The second-order valence-electron chi connectivity index (χ2n) is 3.91. The van der Waals surface area contributed by atoms with Crippen molar-refractivity contribution in [1.82, 2.24) is 0 Å². The summed E-state index contributed by atoms with van der Waals surface area (Å²) in [5.41, 5.74) is 0.529. The summed E-state index contributed by atoms with van der Waals surface area (Å²) in [6.45, 7) is 0.477. The molecule has 5 heteroatoms. The molecule has 0 saturated heterocycles. The zero-order chi connectivity index (χ0) is 14.4. The predicted molar refractivity (Wildman–Crippen MR) is 76.2 cm³/mol. The van der Waals surface area contributed by atoms with Gasteiger partial charge in [0.05, 0.1) is 11.6 Å². The summed E-state index contributed by atoms with van der Waals surface area (Å²) in [5.74, 6) is 0.343. The van der Waals surface area contributed by atoms with E-state index in [1.807, 2.05) is 6.07 Å². The Morgan fingerprint density at radius 3 is 2.70 bits per heavy atom. The van der Waals surface area contributed by atoms with Crippen LogP contribution in [-0.2, 0) is 0 Å². The Morgan fingerprint density at radius 2 is 1.90 bits per heavy atom. The van der Waals surface area contributed by atoms with Crippen molar-refractivity contribution in [2.24, 2.45) is 0 Å². The molecule has 0 aliphatic carbocycles. The van der Waals surface area contributed by atoms with E-state index in [0.717, 1.165) is 4.47 Å². The van der Waals surface area contributed by atoms with Crippen LogP contribution in [0.2, 0.25) is 0 Å². The number of rotatable bonds is 5. The molecular weight excluding hydrogens is 325 g/mol. The Kier molecular flexibility index (Phi) is 4.97. The summed E-state index contributed by atoms with van der Waals surface area (Å²) in [5, 5.41) is 8.76. The van der Waals surface area contributed by atoms with Gasteiger partial charge in [-0.3, -0.25) is 0 Å². The molecule has 0 fully saturated rings. The lowest BCUT2D eigenvalue weighted by Gasteiger charge is -2.09. The molecule has 3 nitrogen and oxygen atoms in total. The first-order valence-corrected chi connectivity index (χ1v) is 6.69. The predicted octanol–water partition coefficient (Wildman–Crippen LogP) is 3.92. The first-order valence-electron chi connectivity index (χ1n) is 5.90. The lowest BCUT2D eigenvalue weighted by Crippen LogP contribution is -2.09. The molecule has 102 valence electrons. The van der Waals surface area contributed by atoms with Crippen molar-refractivity contribution >= 4 is 15.9 Å². The van der Waals surface area contributed by atoms with Crippen LogP contribution in [0.3, 0.4) is 0 Å². The van der Waals surface area contributed by atoms with E-state index in [-0.39, 0.29) is 19.0 Å². The first kappa shape index (κ1) is 14.4. The highest BCUT2D eigenvalue weighted by atomic mass is 79.9. The molecular formula is C15H11BrFNO2. The highest BCUT2D eigenvalue weighted by Crippen LogP contribution is 2.22. The quantitative estimate of drug-likeness (QED) is 0.778. The topological polar surface area (TPSA) is 42.2 Å². The Hall–Kier alpha value is -2.06. The zero-order valence-electron chi connectivity index (χ0n) is 10.5. The van der Waals surface area contributed by atoms with Gasteiger partial charge < -0.3 is 9.47 Å². The van der Waals surface area contributed by atoms with Crippen LogP contribution in [0.15, 0.2) is 46.9 Å². The molecule has 0 heterocycles. The molecule has 0 unspecified atom stereocenters. The van der Waals surface area contributed by atoms with Crippen molar-refractivity contribution in [2.45, 2.75) is 0 Å². The molecule has 0 bridgehead atoms.